The Morgan fingerprint density at radius 3 is 2.38 bits per heavy atom. The predicted molar refractivity (Wildman–Crippen MR) is 107 cm³/mol. The van der Waals surface area contributed by atoms with Gasteiger partial charge in [-0.1, -0.05) is 0 Å². The number of hydrogen-bond acceptors (Lipinski definition) is 4. The predicted octanol–water partition coefficient (Wildman–Crippen LogP) is 0.810. The average Bonchev–Trinajstić information content (AvgIpc) is 2.65. The standard InChI is InChI=1S/C18H33N5O2S/c1-13(2)21-16(24)12-20-18(19-3)22-15-6-4-14(5-7-15)17(25)23-8-10-26-11-9-23/h13-15H,4-12H2,1-3H3,(H,21,24)(H2,19,20,22). The minimum atomic E-state index is -0.0445. The lowest BCUT2D eigenvalue weighted by molar-refractivity contribution is -0.136. The monoisotopic (exact) mass is 383 g/mol. The molecule has 0 unspecified atom stereocenters. The van der Waals surface area contributed by atoms with Gasteiger partial charge in [0.15, 0.2) is 5.96 Å². The van der Waals surface area contributed by atoms with Crippen LogP contribution in [0.25, 0.3) is 0 Å². The van der Waals surface area contributed by atoms with Crippen molar-refractivity contribution in [2.75, 3.05) is 38.2 Å². The molecule has 0 aromatic heterocycles. The van der Waals surface area contributed by atoms with Gasteiger partial charge in [-0.05, 0) is 39.5 Å². The molecule has 7 nitrogen and oxygen atoms in total. The highest BCUT2D eigenvalue weighted by Gasteiger charge is 2.30. The van der Waals surface area contributed by atoms with E-state index in [2.05, 4.69) is 20.9 Å². The van der Waals surface area contributed by atoms with E-state index in [1.54, 1.807) is 7.05 Å². The van der Waals surface area contributed by atoms with Crippen LogP contribution in [0.5, 0.6) is 0 Å². The average molecular weight is 384 g/mol. The first-order valence-corrected chi connectivity index (χ1v) is 10.8. The Morgan fingerprint density at radius 2 is 1.81 bits per heavy atom. The van der Waals surface area contributed by atoms with Crippen molar-refractivity contribution in [1.29, 1.82) is 0 Å². The van der Waals surface area contributed by atoms with E-state index in [1.165, 1.54) is 0 Å². The third-order valence-corrected chi connectivity index (χ3v) is 5.77. The van der Waals surface area contributed by atoms with Crippen molar-refractivity contribution in [3.8, 4) is 0 Å². The molecular weight excluding hydrogens is 350 g/mol. The second kappa shape index (κ2) is 10.6. The normalized spacial score (nSPS) is 24.3. The van der Waals surface area contributed by atoms with Crippen LogP contribution in [0, 0.1) is 5.92 Å². The maximum absolute atomic E-state index is 12.6. The summed E-state index contributed by atoms with van der Waals surface area (Å²) in [5.41, 5.74) is 0. The Kier molecular flexibility index (Phi) is 8.54. The van der Waals surface area contributed by atoms with Gasteiger partial charge < -0.3 is 20.9 Å². The fourth-order valence-electron chi connectivity index (χ4n) is 3.45. The van der Waals surface area contributed by atoms with E-state index in [1.807, 2.05) is 30.5 Å². The number of carbonyl (C=O) groups excluding carboxylic acids is 2. The van der Waals surface area contributed by atoms with Crippen LogP contribution in [0.4, 0.5) is 0 Å². The van der Waals surface area contributed by atoms with Crippen molar-refractivity contribution >= 4 is 29.5 Å². The molecule has 8 heteroatoms. The van der Waals surface area contributed by atoms with Crippen LogP contribution in [0.3, 0.4) is 0 Å². The topological polar surface area (TPSA) is 85.8 Å². The Morgan fingerprint density at radius 1 is 1.15 bits per heavy atom. The molecule has 3 N–H and O–H groups in total. The third-order valence-electron chi connectivity index (χ3n) is 4.83. The second-order valence-corrected chi connectivity index (χ2v) is 8.50. The van der Waals surface area contributed by atoms with E-state index in [9.17, 15) is 9.59 Å². The molecule has 0 aromatic carbocycles. The summed E-state index contributed by atoms with van der Waals surface area (Å²) in [7, 11) is 1.71. The van der Waals surface area contributed by atoms with Crippen molar-refractivity contribution in [2.24, 2.45) is 10.9 Å². The minimum Gasteiger partial charge on any atom is -0.354 e. The van der Waals surface area contributed by atoms with Crippen LogP contribution in [-0.2, 0) is 9.59 Å². The highest BCUT2D eigenvalue weighted by atomic mass is 32.2. The summed E-state index contributed by atoms with van der Waals surface area (Å²) < 4.78 is 0. The first-order valence-electron chi connectivity index (χ1n) is 9.62. The number of amides is 2. The van der Waals surface area contributed by atoms with Gasteiger partial charge in [0.25, 0.3) is 0 Å². The summed E-state index contributed by atoms with van der Waals surface area (Å²) in [6, 6.07) is 0.431. The molecule has 1 aliphatic heterocycles. The zero-order chi connectivity index (χ0) is 18.9. The highest BCUT2D eigenvalue weighted by molar-refractivity contribution is 7.99. The molecule has 1 saturated heterocycles. The van der Waals surface area contributed by atoms with Crippen molar-refractivity contribution in [1.82, 2.24) is 20.9 Å². The summed E-state index contributed by atoms with van der Waals surface area (Å²) in [6.07, 6.45) is 3.76. The molecule has 1 aliphatic carbocycles. The van der Waals surface area contributed by atoms with Crippen LogP contribution in [-0.4, -0.2) is 72.9 Å². The molecular formula is C18H33N5O2S. The largest absolute Gasteiger partial charge is 0.354 e. The zero-order valence-electron chi connectivity index (χ0n) is 16.2. The molecule has 0 atom stereocenters. The molecule has 26 heavy (non-hydrogen) atoms. The summed E-state index contributed by atoms with van der Waals surface area (Å²) in [5, 5.41) is 9.29. The Labute approximate surface area is 161 Å². The van der Waals surface area contributed by atoms with E-state index < -0.39 is 0 Å². The van der Waals surface area contributed by atoms with Crippen LogP contribution in [0.15, 0.2) is 4.99 Å². The summed E-state index contributed by atoms with van der Waals surface area (Å²) >= 11 is 1.93. The van der Waals surface area contributed by atoms with Crippen molar-refractivity contribution in [3.63, 3.8) is 0 Å². The maximum Gasteiger partial charge on any atom is 0.239 e. The number of hydrogen-bond donors (Lipinski definition) is 3. The van der Waals surface area contributed by atoms with E-state index in [0.717, 1.165) is 50.3 Å². The summed E-state index contributed by atoms with van der Waals surface area (Å²) in [5.74, 6) is 3.24. The number of carbonyl (C=O) groups is 2. The van der Waals surface area contributed by atoms with Crippen LogP contribution >= 0.6 is 11.8 Å². The van der Waals surface area contributed by atoms with E-state index in [-0.39, 0.29) is 24.4 Å². The van der Waals surface area contributed by atoms with Gasteiger partial charge in [0.05, 0.1) is 6.54 Å². The molecule has 1 heterocycles. The lowest BCUT2D eigenvalue weighted by atomic mass is 9.85. The van der Waals surface area contributed by atoms with E-state index >= 15 is 0 Å². The highest BCUT2D eigenvalue weighted by Crippen LogP contribution is 2.27. The number of thioether (sulfide) groups is 1. The molecule has 148 valence electrons. The van der Waals surface area contributed by atoms with Gasteiger partial charge >= 0.3 is 0 Å². The van der Waals surface area contributed by atoms with Gasteiger partial charge in [0.2, 0.25) is 11.8 Å². The SMILES string of the molecule is CN=C(NCC(=O)NC(C)C)NC1CCC(C(=O)N2CCSCC2)CC1. The van der Waals surface area contributed by atoms with E-state index in [0.29, 0.717) is 17.9 Å². The first kappa shape index (κ1) is 20.9. The smallest absolute Gasteiger partial charge is 0.239 e. The fourth-order valence-corrected chi connectivity index (χ4v) is 4.35. The first-order chi connectivity index (χ1) is 12.5. The molecule has 0 bridgehead atoms. The lowest BCUT2D eigenvalue weighted by Crippen LogP contribution is -2.49. The molecule has 0 spiro atoms. The zero-order valence-corrected chi connectivity index (χ0v) is 17.0. The van der Waals surface area contributed by atoms with Gasteiger partial charge in [-0.2, -0.15) is 11.8 Å². The molecule has 0 aromatic rings. The Balaban J connectivity index is 1.71. The Hall–Kier alpha value is -1.44. The maximum atomic E-state index is 12.6. The van der Waals surface area contributed by atoms with Crippen molar-refractivity contribution < 1.29 is 9.59 Å². The molecule has 0 radical (unpaired) electrons. The lowest BCUT2D eigenvalue weighted by Gasteiger charge is -2.34. The van der Waals surface area contributed by atoms with Gasteiger partial charge in [-0.3, -0.25) is 14.6 Å². The summed E-state index contributed by atoms with van der Waals surface area (Å²) in [4.78, 5) is 30.6. The van der Waals surface area contributed by atoms with Crippen molar-refractivity contribution in [3.05, 3.63) is 0 Å². The van der Waals surface area contributed by atoms with Gasteiger partial charge in [-0.25, -0.2) is 0 Å². The number of aliphatic imine (C=N–C) groups is 1. The molecule has 2 amide bonds. The van der Waals surface area contributed by atoms with Gasteiger partial charge in [0, 0.05) is 49.6 Å². The number of rotatable bonds is 5. The number of guanidine groups is 1. The van der Waals surface area contributed by atoms with Crippen LogP contribution < -0.4 is 16.0 Å². The third kappa shape index (κ3) is 6.70. The van der Waals surface area contributed by atoms with Crippen LogP contribution in [0.2, 0.25) is 0 Å². The fraction of sp³-hybridized carbons (Fsp3) is 0.833. The molecule has 2 fully saturated rings. The van der Waals surface area contributed by atoms with Crippen molar-refractivity contribution in [2.45, 2.75) is 51.6 Å². The Bertz CT molecular complexity index is 498. The van der Waals surface area contributed by atoms with Gasteiger partial charge in [0.1, 0.15) is 0 Å². The quantitative estimate of drug-likeness (QED) is 0.483. The van der Waals surface area contributed by atoms with E-state index in [4.69, 9.17) is 0 Å². The summed E-state index contributed by atoms with van der Waals surface area (Å²) in [6.45, 7) is 5.88. The number of nitrogens with one attached hydrogen (secondary N) is 3. The van der Waals surface area contributed by atoms with Crippen LogP contribution in [0.1, 0.15) is 39.5 Å². The van der Waals surface area contributed by atoms with Gasteiger partial charge in [-0.15, -0.1) is 0 Å². The second-order valence-electron chi connectivity index (χ2n) is 7.28. The number of nitrogens with zero attached hydrogens (tertiary/aromatic N) is 2. The molecule has 1 saturated carbocycles. The molecule has 2 aliphatic rings. The molecule has 2 rings (SSSR count). The minimum absolute atomic E-state index is 0.0445.